The summed E-state index contributed by atoms with van der Waals surface area (Å²) in [6.07, 6.45) is 2.90. The maximum absolute atomic E-state index is 12.8. The van der Waals surface area contributed by atoms with Crippen LogP contribution in [0.4, 0.5) is 10.8 Å². The monoisotopic (exact) mass is 413 g/mol. The summed E-state index contributed by atoms with van der Waals surface area (Å²) in [5.74, 6) is -0.519. The second-order valence-electron chi connectivity index (χ2n) is 7.49. The lowest BCUT2D eigenvalue weighted by molar-refractivity contribution is -0.137. The summed E-state index contributed by atoms with van der Waals surface area (Å²) in [6.45, 7) is 3.99. The van der Waals surface area contributed by atoms with E-state index in [0.29, 0.717) is 30.1 Å². The summed E-state index contributed by atoms with van der Waals surface area (Å²) in [4.78, 5) is 44.7. The number of fused-ring (bicyclic) bond motifs is 1. The van der Waals surface area contributed by atoms with Crippen LogP contribution in [0.1, 0.15) is 41.4 Å². The molecule has 1 aromatic heterocycles. The van der Waals surface area contributed by atoms with E-state index in [1.54, 1.807) is 24.1 Å². The van der Waals surface area contributed by atoms with Gasteiger partial charge in [0.2, 0.25) is 11.8 Å². The van der Waals surface area contributed by atoms with Crippen molar-refractivity contribution >= 4 is 39.9 Å². The number of carbonyl (C=O) groups is 3. The molecule has 3 amide bonds. The van der Waals surface area contributed by atoms with Gasteiger partial charge in [0.05, 0.1) is 5.56 Å². The lowest BCUT2D eigenvalue weighted by atomic mass is 9.95. The standard InChI is InChI=1S/C20H23N5O3S/c1-12-11-21-19(29-12)22-17(27)13(2)25-10-9-20(8-7-16(25)26)23-15-6-4-3-5-14(15)18(28)24-20/h3-6,11,13,23H,7-10H2,1-2H3,(H,24,28)(H,21,22,27). The van der Waals surface area contributed by atoms with Crippen LogP contribution in [0.15, 0.2) is 30.5 Å². The molecule has 29 heavy (non-hydrogen) atoms. The highest BCUT2D eigenvalue weighted by Gasteiger charge is 2.41. The van der Waals surface area contributed by atoms with Gasteiger partial charge in [-0.1, -0.05) is 12.1 Å². The summed E-state index contributed by atoms with van der Waals surface area (Å²) < 4.78 is 0. The van der Waals surface area contributed by atoms with Gasteiger partial charge >= 0.3 is 0 Å². The van der Waals surface area contributed by atoms with E-state index in [1.165, 1.54) is 11.3 Å². The number of rotatable bonds is 3. The van der Waals surface area contributed by atoms with Crippen molar-refractivity contribution in [3.05, 3.63) is 40.9 Å². The number of aromatic nitrogens is 1. The third-order valence-electron chi connectivity index (χ3n) is 5.46. The summed E-state index contributed by atoms with van der Waals surface area (Å²) in [5, 5.41) is 9.76. The number of carbonyl (C=O) groups excluding carboxylic acids is 3. The molecule has 1 saturated heterocycles. The lowest BCUT2D eigenvalue weighted by Crippen LogP contribution is -2.58. The second-order valence-corrected chi connectivity index (χ2v) is 8.72. The van der Waals surface area contributed by atoms with E-state index >= 15 is 0 Å². The average molecular weight is 414 g/mol. The first-order valence-electron chi connectivity index (χ1n) is 9.59. The summed E-state index contributed by atoms with van der Waals surface area (Å²) in [5.41, 5.74) is 0.664. The van der Waals surface area contributed by atoms with Crippen molar-refractivity contribution in [2.45, 2.75) is 44.8 Å². The number of nitrogens with zero attached hydrogens (tertiary/aromatic N) is 2. The van der Waals surface area contributed by atoms with Gasteiger partial charge in [-0.2, -0.15) is 0 Å². The van der Waals surface area contributed by atoms with Crippen LogP contribution < -0.4 is 16.0 Å². The van der Waals surface area contributed by atoms with Gasteiger partial charge in [-0.05, 0) is 32.4 Å². The van der Waals surface area contributed by atoms with Gasteiger partial charge in [0.15, 0.2) is 5.13 Å². The molecule has 1 fully saturated rings. The van der Waals surface area contributed by atoms with Crippen molar-refractivity contribution in [3.63, 3.8) is 0 Å². The molecule has 152 valence electrons. The van der Waals surface area contributed by atoms with Gasteiger partial charge in [0.1, 0.15) is 11.7 Å². The van der Waals surface area contributed by atoms with Crippen molar-refractivity contribution < 1.29 is 14.4 Å². The van der Waals surface area contributed by atoms with E-state index in [-0.39, 0.29) is 24.1 Å². The second kappa shape index (κ2) is 7.47. The zero-order chi connectivity index (χ0) is 20.6. The van der Waals surface area contributed by atoms with Crippen LogP contribution >= 0.6 is 11.3 Å². The van der Waals surface area contributed by atoms with Crippen LogP contribution in [0.25, 0.3) is 0 Å². The zero-order valence-corrected chi connectivity index (χ0v) is 17.1. The molecule has 0 aliphatic carbocycles. The first-order chi connectivity index (χ1) is 13.9. The van der Waals surface area contributed by atoms with Crippen LogP contribution in [-0.2, 0) is 9.59 Å². The topological polar surface area (TPSA) is 103 Å². The van der Waals surface area contributed by atoms with Crippen LogP contribution in [0, 0.1) is 6.92 Å². The number of hydrogen-bond acceptors (Lipinski definition) is 6. The molecule has 3 heterocycles. The SMILES string of the molecule is Cc1cnc(NC(=O)C(C)N2CCC3(CCC2=O)NC(=O)c2ccccc2N3)s1. The van der Waals surface area contributed by atoms with Gasteiger partial charge in [-0.15, -0.1) is 11.3 Å². The molecule has 2 unspecified atom stereocenters. The molecular weight excluding hydrogens is 390 g/mol. The van der Waals surface area contributed by atoms with Crippen LogP contribution in [0.5, 0.6) is 0 Å². The Labute approximate surface area is 172 Å². The van der Waals surface area contributed by atoms with Gasteiger partial charge in [0, 0.05) is 36.1 Å². The van der Waals surface area contributed by atoms with Gasteiger partial charge in [-0.3, -0.25) is 14.4 Å². The van der Waals surface area contributed by atoms with Crippen molar-refractivity contribution in [3.8, 4) is 0 Å². The molecule has 2 aromatic rings. The fourth-order valence-corrected chi connectivity index (χ4v) is 4.48. The van der Waals surface area contributed by atoms with E-state index in [9.17, 15) is 14.4 Å². The fourth-order valence-electron chi connectivity index (χ4n) is 3.81. The molecule has 0 bridgehead atoms. The molecule has 8 nitrogen and oxygen atoms in total. The maximum Gasteiger partial charge on any atom is 0.255 e. The minimum atomic E-state index is -0.696. The smallest absolute Gasteiger partial charge is 0.255 e. The summed E-state index contributed by atoms with van der Waals surface area (Å²) in [7, 11) is 0. The highest BCUT2D eigenvalue weighted by Crippen LogP contribution is 2.32. The van der Waals surface area contributed by atoms with Crippen molar-refractivity contribution in [2.75, 3.05) is 17.2 Å². The molecule has 2 atom stereocenters. The number of hydrogen-bond donors (Lipinski definition) is 3. The van der Waals surface area contributed by atoms with Gasteiger partial charge in [0.25, 0.3) is 5.91 Å². The van der Waals surface area contributed by atoms with E-state index in [0.717, 1.165) is 10.6 Å². The van der Waals surface area contributed by atoms with Crippen LogP contribution in [0.3, 0.4) is 0 Å². The number of anilines is 2. The maximum atomic E-state index is 12.8. The Kier molecular flexibility index (Phi) is 4.99. The molecule has 0 saturated carbocycles. The molecule has 3 N–H and O–H groups in total. The number of para-hydroxylation sites is 1. The number of aryl methyl sites for hydroxylation is 1. The Balaban J connectivity index is 1.48. The molecule has 1 aromatic carbocycles. The largest absolute Gasteiger partial charge is 0.362 e. The number of thiazole rings is 1. The molecule has 4 rings (SSSR count). The van der Waals surface area contributed by atoms with Gasteiger partial charge in [-0.25, -0.2) is 4.98 Å². The third kappa shape index (κ3) is 3.82. The Bertz CT molecular complexity index is 975. The summed E-state index contributed by atoms with van der Waals surface area (Å²) in [6, 6.07) is 6.70. The van der Waals surface area contributed by atoms with Gasteiger partial charge < -0.3 is 20.9 Å². The molecule has 9 heteroatoms. The highest BCUT2D eigenvalue weighted by molar-refractivity contribution is 7.15. The first-order valence-corrected chi connectivity index (χ1v) is 10.4. The molecule has 0 radical (unpaired) electrons. The van der Waals surface area contributed by atoms with Crippen molar-refractivity contribution in [1.82, 2.24) is 15.2 Å². The third-order valence-corrected chi connectivity index (χ3v) is 6.29. The first kappa shape index (κ1) is 19.4. The van der Waals surface area contributed by atoms with Crippen molar-refractivity contribution in [1.29, 1.82) is 0 Å². The zero-order valence-electron chi connectivity index (χ0n) is 16.3. The quantitative estimate of drug-likeness (QED) is 0.717. The van der Waals surface area contributed by atoms with E-state index in [1.807, 2.05) is 25.1 Å². The lowest BCUT2D eigenvalue weighted by Gasteiger charge is -2.40. The Morgan fingerprint density at radius 1 is 1.28 bits per heavy atom. The number of likely N-dealkylation sites (tertiary alicyclic amines) is 1. The molecule has 1 spiro atoms. The van der Waals surface area contributed by atoms with E-state index in [4.69, 9.17) is 0 Å². The number of amides is 3. The van der Waals surface area contributed by atoms with Crippen LogP contribution in [0.2, 0.25) is 0 Å². The molecule has 2 aliphatic heterocycles. The molecule has 2 aliphatic rings. The Hall–Kier alpha value is -2.94. The minimum Gasteiger partial charge on any atom is -0.362 e. The molecular formula is C20H23N5O3S. The number of nitrogens with one attached hydrogen (secondary N) is 3. The highest BCUT2D eigenvalue weighted by atomic mass is 32.1. The normalized spacial score (nSPS) is 22.3. The van der Waals surface area contributed by atoms with Crippen molar-refractivity contribution in [2.24, 2.45) is 0 Å². The van der Waals surface area contributed by atoms with Crippen LogP contribution in [-0.4, -0.2) is 45.9 Å². The fraction of sp³-hybridized carbons (Fsp3) is 0.400. The Morgan fingerprint density at radius 2 is 2.07 bits per heavy atom. The van der Waals surface area contributed by atoms with E-state index in [2.05, 4.69) is 20.9 Å². The Morgan fingerprint density at radius 3 is 2.83 bits per heavy atom. The predicted molar refractivity (Wildman–Crippen MR) is 111 cm³/mol. The average Bonchev–Trinajstić information content (AvgIpc) is 3.04. The minimum absolute atomic E-state index is 0.102. The predicted octanol–water partition coefficient (Wildman–Crippen LogP) is 2.34. The number of benzene rings is 1. The van der Waals surface area contributed by atoms with E-state index < -0.39 is 11.7 Å². The summed E-state index contributed by atoms with van der Waals surface area (Å²) >= 11 is 1.39.